The van der Waals surface area contributed by atoms with Gasteiger partial charge in [0.15, 0.2) is 9.84 Å². The molecule has 34 heavy (non-hydrogen) atoms. The lowest BCUT2D eigenvalue weighted by molar-refractivity contribution is -0.144. The van der Waals surface area contributed by atoms with Crippen LogP contribution in [0.25, 0.3) is 0 Å². The van der Waals surface area contributed by atoms with E-state index < -0.39 is 33.7 Å². The predicted octanol–water partition coefficient (Wildman–Crippen LogP) is 3.17. The highest BCUT2D eigenvalue weighted by Crippen LogP contribution is 2.32. The van der Waals surface area contributed by atoms with E-state index in [1.807, 2.05) is 0 Å². The molecule has 1 aromatic carbocycles. The highest BCUT2D eigenvalue weighted by molar-refractivity contribution is 7.90. The van der Waals surface area contributed by atoms with Crippen LogP contribution in [0.15, 0.2) is 23.1 Å². The molecular weight excluding hydrogens is 498 g/mol. The van der Waals surface area contributed by atoms with Crippen molar-refractivity contribution in [1.29, 1.82) is 0 Å². The Bertz CT molecular complexity index is 1160. The molecule has 2 aliphatic heterocycles. The predicted molar refractivity (Wildman–Crippen MR) is 118 cm³/mol. The summed E-state index contributed by atoms with van der Waals surface area (Å²) < 4.78 is 79.4. The van der Waals surface area contributed by atoms with Crippen LogP contribution in [0.5, 0.6) is 0 Å². The molecule has 1 unspecified atom stereocenters. The van der Waals surface area contributed by atoms with Crippen molar-refractivity contribution in [2.45, 2.75) is 48.8 Å². The van der Waals surface area contributed by atoms with Crippen molar-refractivity contribution in [3.8, 4) is 0 Å². The third-order valence-corrected chi connectivity index (χ3v) is 7.90. The molecule has 0 radical (unpaired) electrons. The summed E-state index contributed by atoms with van der Waals surface area (Å²) in [5.74, 6) is -2.07. The summed E-state index contributed by atoms with van der Waals surface area (Å²) in [5.41, 5.74) is 0.0548. The second-order valence-corrected chi connectivity index (χ2v) is 11.1. The zero-order valence-electron chi connectivity index (χ0n) is 18.2. The molecule has 1 N–H and O–H groups in total. The van der Waals surface area contributed by atoms with E-state index in [1.165, 1.54) is 12.1 Å². The Hall–Kier alpha value is -2.48. The smallest absolute Gasteiger partial charge is 0.371 e. The number of aromatic nitrogens is 2. The Morgan fingerprint density at radius 3 is 2.44 bits per heavy atom. The van der Waals surface area contributed by atoms with Crippen LogP contribution in [-0.2, 0) is 20.8 Å². The largest absolute Gasteiger partial charge is 0.452 e. The van der Waals surface area contributed by atoms with Crippen LogP contribution in [0.3, 0.4) is 0 Å². The third-order valence-electron chi connectivity index (χ3n) is 6.02. The van der Waals surface area contributed by atoms with E-state index in [0.717, 1.165) is 12.3 Å². The zero-order valence-corrected chi connectivity index (χ0v) is 19.8. The summed E-state index contributed by atoms with van der Waals surface area (Å²) in [7, 11) is -3.55. The van der Waals surface area contributed by atoms with Gasteiger partial charge in [-0.2, -0.15) is 22.5 Å². The van der Waals surface area contributed by atoms with Crippen LogP contribution in [0.1, 0.15) is 31.5 Å². The van der Waals surface area contributed by atoms with E-state index in [-0.39, 0.29) is 27.7 Å². The molecule has 14 heteroatoms. The first-order valence-electron chi connectivity index (χ1n) is 10.7. The molecule has 1 amide bonds. The van der Waals surface area contributed by atoms with Crippen LogP contribution in [-0.4, -0.2) is 66.6 Å². The van der Waals surface area contributed by atoms with E-state index in [9.17, 15) is 30.8 Å². The minimum atomic E-state index is -4.58. The van der Waals surface area contributed by atoms with Gasteiger partial charge in [0.05, 0.1) is 10.6 Å². The van der Waals surface area contributed by atoms with Gasteiger partial charge in [-0.3, -0.25) is 4.79 Å². The Morgan fingerprint density at radius 1 is 1.15 bits per heavy atom. The topological polar surface area (TPSA) is 95.5 Å². The molecule has 0 aliphatic carbocycles. The van der Waals surface area contributed by atoms with E-state index in [0.29, 0.717) is 56.9 Å². The fourth-order valence-electron chi connectivity index (χ4n) is 4.26. The lowest BCUT2D eigenvalue weighted by Gasteiger charge is -2.42. The van der Waals surface area contributed by atoms with E-state index in [1.54, 1.807) is 9.80 Å². The van der Waals surface area contributed by atoms with Crippen LogP contribution < -0.4 is 10.2 Å². The summed E-state index contributed by atoms with van der Waals surface area (Å²) in [6.07, 6.45) is -1.25. The first kappa shape index (κ1) is 24.6. The summed E-state index contributed by atoms with van der Waals surface area (Å²) in [6.45, 7) is 1.44. The van der Waals surface area contributed by atoms with Gasteiger partial charge in [-0.1, -0.05) is 0 Å². The van der Waals surface area contributed by atoms with Crippen molar-refractivity contribution in [2.24, 2.45) is 0 Å². The summed E-state index contributed by atoms with van der Waals surface area (Å²) in [5, 5.41) is 3.11. The summed E-state index contributed by atoms with van der Waals surface area (Å²) in [6, 6.07) is 2.80. The maximum Gasteiger partial charge on any atom is 0.452 e. The molecule has 3 heterocycles. The molecule has 2 aromatic rings. The van der Waals surface area contributed by atoms with Gasteiger partial charge >= 0.3 is 6.18 Å². The molecule has 1 atom stereocenters. The summed E-state index contributed by atoms with van der Waals surface area (Å²) in [4.78, 5) is 20.1. The molecule has 0 bridgehead atoms. The highest BCUT2D eigenvalue weighted by Gasteiger charge is 2.38. The Kier molecular flexibility index (Phi) is 6.73. The van der Waals surface area contributed by atoms with E-state index >= 15 is 0 Å². The number of nitrogens with one attached hydrogen (secondary N) is 1. The number of anilines is 2. The lowest BCUT2D eigenvalue weighted by Crippen LogP contribution is -2.54. The number of nitrogens with zero attached hydrogens (tertiary/aromatic N) is 4. The van der Waals surface area contributed by atoms with Crippen molar-refractivity contribution >= 4 is 38.1 Å². The lowest BCUT2D eigenvalue weighted by atomic mass is 9.97. The van der Waals surface area contributed by atoms with Gasteiger partial charge < -0.3 is 15.1 Å². The quantitative estimate of drug-likeness (QED) is 0.604. The van der Waals surface area contributed by atoms with E-state index in [2.05, 4.69) is 14.7 Å². The maximum absolute atomic E-state index is 14.5. The van der Waals surface area contributed by atoms with Gasteiger partial charge in [0.25, 0.3) is 0 Å². The zero-order chi connectivity index (χ0) is 24.7. The molecule has 8 nitrogen and oxygen atoms in total. The number of hydrogen-bond donors (Lipinski definition) is 1. The molecular formula is C20H23F4N5O3S2. The highest BCUT2D eigenvalue weighted by atomic mass is 32.2. The third kappa shape index (κ3) is 5.27. The van der Waals surface area contributed by atoms with Gasteiger partial charge in [0.1, 0.15) is 11.9 Å². The standard InChI is InChI=1S/C20H23F4N5O3S2/c1-34(31,32)13-4-5-15(14(21)11-13)25-16-3-2-8-29(17(16)30)12-6-9-28(10-7-12)19-26-18(27-33-19)20(22,23)24/h4-5,11-12,16,25H,2-3,6-10H2,1H3. The monoisotopic (exact) mass is 521 g/mol. The average molecular weight is 522 g/mol. The molecule has 1 aromatic heterocycles. The molecule has 2 saturated heterocycles. The maximum atomic E-state index is 14.5. The van der Waals surface area contributed by atoms with Crippen molar-refractivity contribution in [3.63, 3.8) is 0 Å². The van der Waals surface area contributed by atoms with Crippen LogP contribution in [0.2, 0.25) is 0 Å². The van der Waals surface area contributed by atoms with Gasteiger partial charge in [0, 0.05) is 43.5 Å². The first-order chi connectivity index (χ1) is 15.9. The van der Waals surface area contributed by atoms with E-state index in [4.69, 9.17) is 0 Å². The number of amides is 1. The molecule has 4 rings (SSSR count). The van der Waals surface area contributed by atoms with Crippen molar-refractivity contribution < 1.29 is 30.8 Å². The minimum absolute atomic E-state index is 0.0548. The Balaban J connectivity index is 1.38. The second kappa shape index (κ2) is 9.29. The van der Waals surface area contributed by atoms with Crippen LogP contribution >= 0.6 is 11.5 Å². The number of likely N-dealkylation sites (tertiary alicyclic amines) is 1. The van der Waals surface area contributed by atoms with Gasteiger partial charge in [0.2, 0.25) is 16.9 Å². The number of carbonyl (C=O) groups is 1. The number of alkyl halides is 3. The molecule has 186 valence electrons. The Morgan fingerprint density at radius 2 is 1.85 bits per heavy atom. The van der Waals surface area contributed by atoms with Crippen molar-refractivity contribution in [1.82, 2.24) is 14.3 Å². The minimum Gasteiger partial charge on any atom is -0.371 e. The first-order valence-corrected chi connectivity index (χ1v) is 13.3. The number of benzene rings is 1. The SMILES string of the molecule is CS(=O)(=O)c1ccc(NC2CCCN(C3CCN(c4nc(C(F)(F)F)ns4)CC3)C2=O)c(F)c1. The van der Waals surface area contributed by atoms with Crippen molar-refractivity contribution in [3.05, 3.63) is 29.8 Å². The molecule has 0 saturated carbocycles. The fraction of sp³-hybridized carbons (Fsp3) is 0.550. The summed E-state index contributed by atoms with van der Waals surface area (Å²) >= 11 is 0.707. The van der Waals surface area contributed by atoms with Gasteiger partial charge in [-0.25, -0.2) is 12.8 Å². The second-order valence-electron chi connectivity index (χ2n) is 8.40. The normalized spacial score (nSPS) is 20.6. The van der Waals surface area contributed by atoms with Crippen LogP contribution in [0.4, 0.5) is 28.4 Å². The number of sulfone groups is 1. The van der Waals surface area contributed by atoms with Gasteiger partial charge in [-0.15, -0.1) is 0 Å². The van der Waals surface area contributed by atoms with Gasteiger partial charge in [-0.05, 0) is 43.9 Å². The average Bonchev–Trinajstić information content (AvgIpc) is 3.27. The fourth-order valence-corrected chi connectivity index (χ4v) is 5.63. The molecule has 0 spiro atoms. The number of hydrogen-bond acceptors (Lipinski definition) is 8. The van der Waals surface area contributed by atoms with Crippen molar-refractivity contribution in [2.75, 3.05) is 36.1 Å². The van der Waals surface area contributed by atoms with Crippen LogP contribution in [0, 0.1) is 5.82 Å². The molecule has 2 fully saturated rings. The Labute approximate surface area is 198 Å². The number of piperidine rings is 2. The number of halogens is 4. The number of rotatable bonds is 5. The molecule has 2 aliphatic rings. The number of carbonyl (C=O) groups excluding carboxylic acids is 1.